The van der Waals surface area contributed by atoms with Gasteiger partial charge in [-0.15, -0.1) is 11.3 Å². The van der Waals surface area contributed by atoms with E-state index in [0.717, 1.165) is 24.0 Å². The molecule has 3 aromatic rings. The second kappa shape index (κ2) is 5.73. The number of benzene rings is 1. The predicted octanol–water partition coefficient (Wildman–Crippen LogP) is 3.94. The average molecular weight is 306 g/mol. The third-order valence-corrected chi connectivity index (χ3v) is 4.29. The first-order valence-electron chi connectivity index (χ1n) is 6.19. The number of halogens is 1. The Hall–Kier alpha value is -1.72. The molecular weight excluding hydrogens is 294 g/mol. The summed E-state index contributed by atoms with van der Waals surface area (Å²) in [6.07, 6.45) is 3.44. The minimum absolute atomic E-state index is 0.587. The standard InChI is InChI=1S/C14H12ClN3OS/c1-9-11(3-2-4-12(9)15)14-17-13(19-18-14)6-5-10-7-16-8-20-10/h2-4,7-8H,5-6H2,1H3. The Morgan fingerprint density at radius 2 is 2.20 bits per heavy atom. The number of nitrogens with zero attached hydrogens (tertiary/aromatic N) is 3. The van der Waals surface area contributed by atoms with Gasteiger partial charge in [0, 0.05) is 28.1 Å². The highest BCUT2D eigenvalue weighted by Gasteiger charge is 2.12. The van der Waals surface area contributed by atoms with Gasteiger partial charge in [-0.3, -0.25) is 4.98 Å². The second-order valence-electron chi connectivity index (χ2n) is 4.39. The fourth-order valence-electron chi connectivity index (χ4n) is 1.91. The van der Waals surface area contributed by atoms with E-state index in [1.54, 1.807) is 11.3 Å². The van der Waals surface area contributed by atoms with Crippen LogP contribution in [0.25, 0.3) is 11.4 Å². The Labute approximate surface area is 125 Å². The Morgan fingerprint density at radius 1 is 1.30 bits per heavy atom. The summed E-state index contributed by atoms with van der Waals surface area (Å²) < 4.78 is 5.29. The summed E-state index contributed by atoms with van der Waals surface area (Å²) in [5.41, 5.74) is 3.69. The molecule has 2 heterocycles. The number of rotatable bonds is 4. The molecule has 0 spiro atoms. The number of thiazole rings is 1. The molecule has 0 aliphatic heterocycles. The summed E-state index contributed by atoms with van der Waals surface area (Å²) in [5, 5.41) is 4.74. The van der Waals surface area contributed by atoms with Gasteiger partial charge >= 0.3 is 0 Å². The monoisotopic (exact) mass is 305 g/mol. The zero-order valence-corrected chi connectivity index (χ0v) is 12.4. The van der Waals surface area contributed by atoms with Gasteiger partial charge in [-0.25, -0.2) is 0 Å². The molecule has 2 aromatic heterocycles. The van der Waals surface area contributed by atoms with Crippen molar-refractivity contribution in [3.05, 3.63) is 51.3 Å². The number of aromatic nitrogens is 3. The largest absolute Gasteiger partial charge is 0.339 e. The smallest absolute Gasteiger partial charge is 0.227 e. The van der Waals surface area contributed by atoms with Crippen molar-refractivity contribution >= 4 is 22.9 Å². The maximum Gasteiger partial charge on any atom is 0.227 e. The molecule has 0 N–H and O–H groups in total. The van der Waals surface area contributed by atoms with Crippen LogP contribution in [0.15, 0.2) is 34.4 Å². The summed E-state index contributed by atoms with van der Waals surface area (Å²) in [6.45, 7) is 1.95. The fourth-order valence-corrected chi connectivity index (χ4v) is 2.68. The Balaban J connectivity index is 1.78. The van der Waals surface area contributed by atoms with Crippen LogP contribution in [0.5, 0.6) is 0 Å². The van der Waals surface area contributed by atoms with Crippen molar-refractivity contribution in [1.82, 2.24) is 15.1 Å². The quantitative estimate of drug-likeness (QED) is 0.732. The second-order valence-corrected chi connectivity index (χ2v) is 5.77. The Kier molecular flexibility index (Phi) is 3.80. The lowest BCUT2D eigenvalue weighted by atomic mass is 10.1. The third-order valence-electron chi connectivity index (χ3n) is 3.05. The average Bonchev–Trinajstić information content (AvgIpc) is 3.10. The van der Waals surface area contributed by atoms with Gasteiger partial charge in [-0.2, -0.15) is 4.98 Å². The zero-order valence-electron chi connectivity index (χ0n) is 10.8. The normalized spacial score (nSPS) is 10.9. The maximum absolute atomic E-state index is 6.11. The highest BCUT2D eigenvalue weighted by molar-refractivity contribution is 7.09. The lowest BCUT2D eigenvalue weighted by Gasteiger charge is -2.01. The lowest BCUT2D eigenvalue weighted by molar-refractivity contribution is 0.379. The van der Waals surface area contributed by atoms with Crippen molar-refractivity contribution in [1.29, 1.82) is 0 Å². The van der Waals surface area contributed by atoms with E-state index >= 15 is 0 Å². The van der Waals surface area contributed by atoms with Crippen LogP contribution in [0.3, 0.4) is 0 Å². The lowest BCUT2D eigenvalue weighted by Crippen LogP contribution is -1.90. The van der Waals surface area contributed by atoms with Gasteiger partial charge in [0.1, 0.15) is 0 Å². The van der Waals surface area contributed by atoms with Crippen LogP contribution in [0.1, 0.15) is 16.3 Å². The van der Waals surface area contributed by atoms with Crippen molar-refractivity contribution in [2.45, 2.75) is 19.8 Å². The molecule has 0 fully saturated rings. The van der Waals surface area contributed by atoms with Gasteiger partial charge in [0.05, 0.1) is 5.51 Å². The van der Waals surface area contributed by atoms with Crippen LogP contribution >= 0.6 is 22.9 Å². The molecule has 0 aliphatic carbocycles. The number of aryl methyl sites for hydroxylation is 2. The Morgan fingerprint density at radius 3 is 3.00 bits per heavy atom. The number of hydrogen-bond donors (Lipinski definition) is 0. The molecule has 0 amide bonds. The van der Waals surface area contributed by atoms with E-state index in [0.29, 0.717) is 16.7 Å². The van der Waals surface area contributed by atoms with E-state index in [1.807, 2.05) is 36.8 Å². The molecule has 4 nitrogen and oxygen atoms in total. The summed E-state index contributed by atoms with van der Waals surface area (Å²) in [7, 11) is 0. The molecule has 3 rings (SSSR count). The molecule has 0 bridgehead atoms. The van der Waals surface area contributed by atoms with Crippen molar-refractivity contribution < 1.29 is 4.52 Å². The first kappa shape index (κ1) is 13.3. The minimum Gasteiger partial charge on any atom is -0.339 e. The maximum atomic E-state index is 6.11. The summed E-state index contributed by atoms with van der Waals surface area (Å²) in [5.74, 6) is 1.22. The Bertz CT molecular complexity index is 709. The van der Waals surface area contributed by atoms with Crippen LogP contribution < -0.4 is 0 Å². The molecule has 102 valence electrons. The first-order valence-corrected chi connectivity index (χ1v) is 7.45. The van der Waals surface area contributed by atoms with E-state index in [9.17, 15) is 0 Å². The molecule has 1 aromatic carbocycles. The molecule has 0 radical (unpaired) electrons. The van der Waals surface area contributed by atoms with Crippen LogP contribution in [-0.2, 0) is 12.8 Å². The van der Waals surface area contributed by atoms with Gasteiger partial charge in [0.2, 0.25) is 11.7 Å². The minimum atomic E-state index is 0.587. The fraction of sp³-hybridized carbons (Fsp3) is 0.214. The van der Waals surface area contributed by atoms with E-state index in [4.69, 9.17) is 16.1 Å². The van der Waals surface area contributed by atoms with Gasteiger partial charge in [0.15, 0.2) is 0 Å². The zero-order chi connectivity index (χ0) is 13.9. The van der Waals surface area contributed by atoms with Crippen LogP contribution in [0.2, 0.25) is 5.02 Å². The molecular formula is C14H12ClN3OS. The van der Waals surface area contributed by atoms with Crippen LogP contribution in [0, 0.1) is 6.92 Å². The molecule has 6 heteroatoms. The van der Waals surface area contributed by atoms with Crippen molar-refractivity contribution in [2.24, 2.45) is 0 Å². The van der Waals surface area contributed by atoms with Gasteiger partial charge in [0.25, 0.3) is 0 Å². The van der Waals surface area contributed by atoms with Crippen LogP contribution in [0.4, 0.5) is 0 Å². The van der Waals surface area contributed by atoms with Crippen molar-refractivity contribution in [3.63, 3.8) is 0 Å². The van der Waals surface area contributed by atoms with Crippen molar-refractivity contribution in [2.75, 3.05) is 0 Å². The summed E-state index contributed by atoms with van der Waals surface area (Å²) in [6, 6.07) is 5.68. The molecule has 20 heavy (non-hydrogen) atoms. The van der Waals surface area contributed by atoms with E-state index in [-0.39, 0.29) is 0 Å². The van der Waals surface area contributed by atoms with Gasteiger partial charge in [-0.05, 0) is 25.0 Å². The van der Waals surface area contributed by atoms with Gasteiger partial charge < -0.3 is 4.52 Å². The SMILES string of the molecule is Cc1c(Cl)cccc1-c1noc(CCc2cncs2)n1. The molecule has 0 aliphatic rings. The molecule has 0 saturated heterocycles. The molecule has 0 saturated carbocycles. The molecule has 0 unspecified atom stereocenters. The highest BCUT2D eigenvalue weighted by atomic mass is 35.5. The van der Waals surface area contributed by atoms with E-state index < -0.39 is 0 Å². The number of hydrogen-bond acceptors (Lipinski definition) is 5. The van der Waals surface area contributed by atoms with E-state index in [1.165, 1.54) is 4.88 Å². The van der Waals surface area contributed by atoms with Gasteiger partial charge in [-0.1, -0.05) is 28.9 Å². The summed E-state index contributed by atoms with van der Waals surface area (Å²) in [4.78, 5) is 9.69. The third kappa shape index (κ3) is 2.73. The topological polar surface area (TPSA) is 51.8 Å². The first-order chi connectivity index (χ1) is 9.74. The van der Waals surface area contributed by atoms with Crippen LogP contribution in [-0.4, -0.2) is 15.1 Å². The van der Waals surface area contributed by atoms with Crippen molar-refractivity contribution in [3.8, 4) is 11.4 Å². The predicted molar refractivity (Wildman–Crippen MR) is 79.0 cm³/mol. The molecule has 0 atom stereocenters. The summed E-state index contributed by atoms with van der Waals surface area (Å²) >= 11 is 7.74. The highest BCUT2D eigenvalue weighted by Crippen LogP contribution is 2.26. The van der Waals surface area contributed by atoms with E-state index in [2.05, 4.69) is 15.1 Å².